The summed E-state index contributed by atoms with van der Waals surface area (Å²) in [6, 6.07) is 3.74. The van der Waals surface area contributed by atoms with E-state index in [1.54, 1.807) is 7.11 Å². The molecule has 0 bridgehead atoms. The van der Waals surface area contributed by atoms with E-state index in [2.05, 4.69) is 9.88 Å². The number of aliphatic hydroxyl groups excluding tert-OH is 1. The molecule has 1 saturated heterocycles. The van der Waals surface area contributed by atoms with E-state index in [0.29, 0.717) is 17.5 Å². The topological polar surface area (TPSA) is 71.6 Å². The molecule has 0 amide bonds. The Balaban J connectivity index is 2.05. The third kappa shape index (κ3) is 2.67. The summed E-state index contributed by atoms with van der Waals surface area (Å²) in [6.45, 7) is 3.69. The van der Waals surface area contributed by atoms with Gasteiger partial charge in [-0.05, 0) is 37.8 Å². The van der Waals surface area contributed by atoms with Crippen LogP contribution in [0.3, 0.4) is 0 Å². The SMILES string of the molecule is COc1nc(N2CCC(C(C)O)CC2)ccc1N. The number of hydrogen-bond donors (Lipinski definition) is 2. The predicted molar refractivity (Wildman–Crippen MR) is 71.8 cm³/mol. The van der Waals surface area contributed by atoms with Crippen LogP contribution in [0.4, 0.5) is 11.5 Å². The van der Waals surface area contributed by atoms with E-state index in [1.165, 1.54) is 0 Å². The Morgan fingerprint density at radius 2 is 2.11 bits per heavy atom. The summed E-state index contributed by atoms with van der Waals surface area (Å²) in [6.07, 6.45) is 1.76. The van der Waals surface area contributed by atoms with E-state index in [1.807, 2.05) is 19.1 Å². The molecule has 0 saturated carbocycles. The van der Waals surface area contributed by atoms with Gasteiger partial charge in [-0.3, -0.25) is 0 Å². The summed E-state index contributed by atoms with van der Waals surface area (Å²) < 4.78 is 5.13. The number of anilines is 2. The van der Waals surface area contributed by atoms with Crippen LogP contribution in [0.2, 0.25) is 0 Å². The molecule has 1 fully saturated rings. The van der Waals surface area contributed by atoms with Gasteiger partial charge in [0.05, 0.1) is 18.9 Å². The highest BCUT2D eigenvalue weighted by Crippen LogP contribution is 2.27. The summed E-state index contributed by atoms with van der Waals surface area (Å²) in [4.78, 5) is 6.61. The van der Waals surface area contributed by atoms with Crippen LogP contribution >= 0.6 is 0 Å². The number of aromatic nitrogens is 1. The number of aliphatic hydroxyl groups is 1. The Kier molecular flexibility index (Phi) is 3.91. The smallest absolute Gasteiger partial charge is 0.238 e. The van der Waals surface area contributed by atoms with Gasteiger partial charge in [-0.25, -0.2) is 0 Å². The van der Waals surface area contributed by atoms with Crippen LogP contribution in [-0.2, 0) is 0 Å². The van der Waals surface area contributed by atoms with E-state index >= 15 is 0 Å². The van der Waals surface area contributed by atoms with Crippen molar-refractivity contribution in [1.29, 1.82) is 0 Å². The molecule has 1 unspecified atom stereocenters. The van der Waals surface area contributed by atoms with Crippen LogP contribution in [0, 0.1) is 5.92 Å². The molecule has 0 aromatic carbocycles. The van der Waals surface area contributed by atoms with E-state index in [-0.39, 0.29) is 6.10 Å². The molecule has 0 aliphatic carbocycles. The number of rotatable bonds is 3. The van der Waals surface area contributed by atoms with Gasteiger partial charge in [0.15, 0.2) is 0 Å². The normalized spacial score (nSPS) is 18.7. The zero-order chi connectivity index (χ0) is 13.1. The minimum absolute atomic E-state index is 0.221. The number of nitrogen functional groups attached to an aromatic ring is 1. The maximum absolute atomic E-state index is 9.58. The van der Waals surface area contributed by atoms with Crippen molar-refractivity contribution in [2.75, 3.05) is 30.8 Å². The fourth-order valence-corrected chi connectivity index (χ4v) is 2.39. The van der Waals surface area contributed by atoms with E-state index < -0.39 is 0 Å². The third-order valence-corrected chi connectivity index (χ3v) is 3.61. The summed E-state index contributed by atoms with van der Waals surface area (Å²) >= 11 is 0. The van der Waals surface area contributed by atoms with E-state index in [9.17, 15) is 5.11 Å². The monoisotopic (exact) mass is 251 g/mol. The highest BCUT2D eigenvalue weighted by molar-refractivity contribution is 5.54. The van der Waals surface area contributed by atoms with Crippen LogP contribution < -0.4 is 15.4 Å². The van der Waals surface area contributed by atoms with E-state index in [0.717, 1.165) is 31.7 Å². The highest BCUT2D eigenvalue weighted by Gasteiger charge is 2.23. The second kappa shape index (κ2) is 5.44. The van der Waals surface area contributed by atoms with Crippen molar-refractivity contribution in [3.8, 4) is 5.88 Å². The van der Waals surface area contributed by atoms with E-state index in [4.69, 9.17) is 10.5 Å². The van der Waals surface area contributed by atoms with Crippen molar-refractivity contribution in [2.45, 2.75) is 25.9 Å². The Morgan fingerprint density at radius 3 is 2.67 bits per heavy atom. The molecule has 5 nitrogen and oxygen atoms in total. The molecule has 100 valence electrons. The second-order valence-corrected chi connectivity index (χ2v) is 4.83. The number of pyridine rings is 1. The molecular formula is C13H21N3O2. The predicted octanol–water partition coefficient (Wildman–Crippen LogP) is 1.27. The molecule has 1 aliphatic rings. The first kappa shape index (κ1) is 13.0. The van der Waals surface area contributed by atoms with Gasteiger partial charge in [-0.15, -0.1) is 0 Å². The zero-order valence-electron chi connectivity index (χ0n) is 11.0. The Labute approximate surface area is 108 Å². The van der Waals surface area contributed by atoms with Gasteiger partial charge in [-0.2, -0.15) is 4.98 Å². The number of methoxy groups -OCH3 is 1. The Bertz CT molecular complexity index is 401. The summed E-state index contributed by atoms with van der Waals surface area (Å²) in [7, 11) is 1.57. The molecule has 3 N–H and O–H groups in total. The van der Waals surface area contributed by atoms with Crippen molar-refractivity contribution in [3.05, 3.63) is 12.1 Å². The first-order chi connectivity index (χ1) is 8.61. The molecule has 2 heterocycles. The molecule has 1 aliphatic heterocycles. The lowest BCUT2D eigenvalue weighted by Crippen LogP contribution is -2.37. The van der Waals surface area contributed by atoms with Crippen LogP contribution in [0.25, 0.3) is 0 Å². The molecule has 1 aromatic heterocycles. The van der Waals surface area contributed by atoms with Crippen molar-refractivity contribution >= 4 is 11.5 Å². The molecule has 0 spiro atoms. The minimum Gasteiger partial charge on any atom is -0.479 e. The van der Waals surface area contributed by atoms with Crippen molar-refractivity contribution < 1.29 is 9.84 Å². The molecule has 0 radical (unpaired) electrons. The van der Waals surface area contributed by atoms with Gasteiger partial charge >= 0.3 is 0 Å². The first-order valence-electron chi connectivity index (χ1n) is 6.35. The Morgan fingerprint density at radius 1 is 1.44 bits per heavy atom. The lowest BCUT2D eigenvalue weighted by atomic mass is 9.92. The number of piperidine rings is 1. The summed E-state index contributed by atoms with van der Waals surface area (Å²) in [5.74, 6) is 1.77. The number of nitrogens with two attached hydrogens (primary N) is 1. The third-order valence-electron chi connectivity index (χ3n) is 3.61. The molecule has 1 atom stereocenters. The molecular weight excluding hydrogens is 230 g/mol. The summed E-state index contributed by atoms with van der Waals surface area (Å²) in [5.41, 5.74) is 6.31. The quantitative estimate of drug-likeness (QED) is 0.846. The zero-order valence-corrected chi connectivity index (χ0v) is 11.0. The van der Waals surface area contributed by atoms with Crippen molar-refractivity contribution in [2.24, 2.45) is 5.92 Å². The van der Waals surface area contributed by atoms with Gasteiger partial charge in [0, 0.05) is 13.1 Å². The maximum Gasteiger partial charge on any atom is 0.238 e. The second-order valence-electron chi connectivity index (χ2n) is 4.83. The van der Waals surface area contributed by atoms with Crippen LogP contribution in [0.15, 0.2) is 12.1 Å². The van der Waals surface area contributed by atoms with Gasteiger partial charge < -0.3 is 20.5 Å². The van der Waals surface area contributed by atoms with Crippen LogP contribution in [0.5, 0.6) is 5.88 Å². The first-order valence-corrected chi connectivity index (χ1v) is 6.35. The molecule has 2 rings (SSSR count). The van der Waals surface area contributed by atoms with Crippen molar-refractivity contribution in [1.82, 2.24) is 4.98 Å². The molecule has 1 aromatic rings. The largest absolute Gasteiger partial charge is 0.479 e. The maximum atomic E-state index is 9.58. The average Bonchev–Trinajstić information content (AvgIpc) is 2.39. The fraction of sp³-hybridized carbons (Fsp3) is 0.615. The molecule has 5 heteroatoms. The standard InChI is InChI=1S/C13H21N3O2/c1-9(17)10-5-7-16(8-6-10)12-4-3-11(14)13(15-12)18-2/h3-4,9-10,17H,5-8,14H2,1-2H3. The van der Waals surface area contributed by atoms with Crippen molar-refractivity contribution in [3.63, 3.8) is 0 Å². The lowest BCUT2D eigenvalue weighted by molar-refractivity contribution is 0.109. The average molecular weight is 251 g/mol. The van der Waals surface area contributed by atoms with Gasteiger partial charge in [0.1, 0.15) is 5.82 Å². The summed E-state index contributed by atoms with van der Waals surface area (Å²) in [5, 5.41) is 9.58. The van der Waals surface area contributed by atoms with Gasteiger partial charge in [0.25, 0.3) is 0 Å². The number of hydrogen-bond acceptors (Lipinski definition) is 5. The van der Waals surface area contributed by atoms with Crippen LogP contribution in [0.1, 0.15) is 19.8 Å². The molecule has 18 heavy (non-hydrogen) atoms. The highest BCUT2D eigenvalue weighted by atomic mass is 16.5. The number of nitrogens with zero attached hydrogens (tertiary/aromatic N) is 2. The van der Waals surface area contributed by atoms with Gasteiger partial charge in [0.2, 0.25) is 5.88 Å². The Hall–Kier alpha value is -1.49. The van der Waals surface area contributed by atoms with Crippen LogP contribution in [-0.4, -0.2) is 36.4 Å². The fourth-order valence-electron chi connectivity index (χ4n) is 2.39. The minimum atomic E-state index is -0.221. The number of ether oxygens (including phenoxy) is 1. The lowest BCUT2D eigenvalue weighted by Gasteiger charge is -2.34. The van der Waals surface area contributed by atoms with Gasteiger partial charge in [-0.1, -0.05) is 0 Å².